The lowest BCUT2D eigenvalue weighted by Crippen LogP contribution is -1.91. The molecule has 0 spiro atoms. The van der Waals surface area contributed by atoms with Crippen LogP contribution in [-0.2, 0) is 11.3 Å². The first-order chi connectivity index (χ1) is 6.43. The Morgan fingerprint density at radius 1 is 1.15 bits per heavy atom. The SMILES string of the molecule is ClC/C=C\COCc1ccccc1. The summed E-state index contributed by atoms with van der Waals surface area (Å²) in [4.78, 5) is 0. The fourth-order valence-corrected chi connectivity index (χ4v) is 1.08. The van der Waals surface area contributed by atoms with Crippen molar-refractivity contribution >= 4 is 11.6 Å². The minimum Gasteiger partial charge on any atom is -0.373 e. The van der Waals surface area contributed by atoms with Crippen LogP contribution in [0.1, 0.15) is 5.56 Å². The highest BCUT2D eigenvalue weighted by molar-refractivity contribution is 6.18. The van der Waals surface area contributed by atoms with E-state index >= 15 is 0 Å². The van der Waals surface area contributed by atoms with Gasteiger partial charge in [-0.15, -0.1) is 11.6 Å². The number of benzene rings is 1. The summed E-state index contributed by atoms with van der Waals surface area (Å²) in [6.45, 7) is 1.29. The van der Waals surface area contributed by atoms with E-state index < -0.39 is 0 Å². The van der Waals surface area contributed by atoms with Gasteiger partial charge < -0.3 is 4.74 Å². The molecule has 1 aromatic rings. The Balaban J connectivity index is 2.17. The number of ether oxygens (including phenoxy) is 1. The third-order valence-corrected chi connectivity index (χ3v) is 1.76. The summed E-state index contributed by atoms with van der Waals surface area (Å²) in [7, 11) is 0. The normalized spacial score (nSPS) is 10.8. The van der Waals surface area contributed by atoms with Crippen molar-refractivity contribution in [3.63, 3.8) is 0 Å². The first-order valence-corrected chi connectivity index (χ1v) is 4.79. The Morgan fingerprint density at radius 2 is 1.92 bits per heavy atom. The molecule has 0 aliphatic carbocycles. The monoisotopic (exact) mass is 196 g/mol. The number of hydrogen-bond acceptors (Lipinski definition) is 1. The van der Waals surface area contributed by atoms with Crippen LogP contribution in [0.25, 0.3) is 0 Å². The minimum absolute atomic E-state index is 0.550. The van der Waals surface area contributed by atoms with Crippen LogP contribution in [0.2, 0.25) is 0 Å². The summed E-state index contributed by atoms with van der Waals surface area (Å²) >= 11 is 5.46. The second-order valence-corrected chi connectivity index (χ2v) is 2.94. The van der Waals surface area contributed by atoms with Crippen LogP contribution in [0, 0.1) is 0 Å². The van der Waals surface area contributed by atoms with E-state index in [4.69, 9.17) is 16.3 Å². The predicted octanol–water partition coefficient (Wildman–Crippen LogP) is 3.00. The van der Waals surface area contributed by atoms with Crippen LogP contribution in [0.4, 0.5) is 0 Å². The maximum Gasteiger partial charge on any atom is 0.0721 e. The Kier molecular flexibility index (Phi) is 5.30. The van der Waals surface area contributed by atoms with Crippen molar-refractivity contribution in [3.05, 3.63) is 48.0 Å². The van der Waals surface area contributed by atoms with Gasteiger partial charge in [-0.05, 0) is 5.56 Å². The molecule has 1 rings (SSSR count). The predicted molar refractivity (Wildman–Crippen MR) is 56.0 cm³/mol. The van der Waals surface area contributed by atoms with Gasteiger partial charge in [-0.1, -0.05) is 42.5 Å². The molecule has 0 saturated carbocycles. The van der Waals surface area contributed by atoms with Gasteiger partial charge in [0.1, 0.15) is 0 Å². The Morgan fingerprint density at radius 3 is 2.62 bits per heavy atom. The molecule has 0 aliphatic heterocycles. The highest BCUT2D eigenvalue weighted by Crippen LogP contribution is 1.99. The third-order valence-electron chi connectivity index (χ3n) is 1.58. The summed E-state index contributed by atoms with van der Waals surface area (Å²) in [5.74, 6) is 0.550. The molecule has 1 nitrogen and oxygen atoms in total. The van der Waals surface area contributed by atoms with E-state index in [0.29, 0.717) is 19.1 Å². The van der Waals surface area contributed by atoms with E-state index in [1.54, 1.807) is 0 Å². The first kappa shape index (κ1) is 10.3. The topological polar surface area (TPSA) is 9.23 Å². The lowest BCUT2D eigenvalue weighted by Gasteiger charge is -2.00. The Hall–Kier alpha value is -0.790. The molecular weight excluding hydrogens is 184 g/mol. The second kappa shape index (κ2) is 6.70. The van der Waals surface area contributed by atoms with Crippen molar-refractivity contribution in [1.82, 2.24) is 0 Å². The fourth-order valence-electron chi connectivity index (χ4n) is 0.950. The molecule has 0 fully saturated rings. The molecule has 13 heavy (non-hydrogen) atoms. The van der Waals surface area contributed by atoms with Gasteiger partial charge in [-0.3, -0.25) is 0 Å². The summed E-state index contributed by atoms with van der Waals surface area (Å²) in [5, 5.41) is 0. The molecule has 1 aromatic carbocycles. The Labute approximate surface area is 84.0 Å². The zero-order chi connectivity index (χ0) is 9.36. The van der Waals surface area contributed by atoms with Crippen LogP contribution in [0.5, 0.6) is 0 Å². The van der Waals surface area contributed by atoms with Crippen LogP contribution in [-0.4, -0.2) is 12.5 Å². The van der Waals surface area contributed by atoms with Gasteiger partial charge in [-0.25, -0.2) is 0 Å². The molecule has 0 atom stereocenters. The van der Waals surface area contributed by atoms with Gasteiger partial charge in [0.15, 0.2) is 0 Å². The lowest BCUT2D eigenvalue weighted by molar-refractivity contribution is 0.148. The molecule has 70 valence electrons. The van der Waals surface area contributed by atoms with Crippen LogP contribution in [0.15, 0.2) is 42.5 Å². The number of halogens is 1. The van der Waals surface area contributed by atoms with Crippen molar-refractivity contribution in [1.29, 1.82) is 0 Å². The molecule has 0 N–H and O–H groups in total. The summed E-state index contributed by atoms with van der Waals surface area (Å²) in [6.07, 6.45) is 3.81. The smallest absolute Gasteiger partial charge is 0.0721 e. The van der Waals surface area contributed by atoms with E-state index in [9.17, 15) is 0 Å². The highest BCUT2D eigenvalue weighted by atomic mass is 35.5. The van der Waals surface area contributed by atoms with Crippen molar-refractivity contribution in [2.45, 2.75) is 6.61 Å². The van der Waals surface area contributed by atoms with E-state index in [2.05, 4.69) is 0 Å². The maximum atomic E-state index is 5.46. The number of allylic oxidation sites excluding steroid dienone is 1. The molecule has 0 unspecified atom stereocenters. The van der Waals surface area contributed by atoms with Crippen LogP contribution in [0.3, 0.4) is 0 Å². The zero-order valence-corrected chi connectivity index (χ0v) is 8.20. The first-order valence-electron chi connectivity index (χ1n) is 4.26. The highest BCUT2D eigenvalue weighted by Gasteiger charge is 1.88. The molecule has 0 heterocycles. The molecule has 2 heteroatoms. The van der Waals surface area contributed by atoms with Crippen molar-refractivity contribution in [2.75, 3.05) is 12.5 Å². The fraction of sp³-hybridized carbons (Fsp3) is 0.273. The van der Waals surface area contributed by atoms with Crippen molar-refractivity contribution in [2.24, 2.45) is 0 Å². The third kappa shape index (κ3) is 4.71. The van der Waals surface area contributed by atoms with Crippen LogP contribution >= 0.6 is 11.6 Å². The van der Waals surface area contributed by atoms with Crippen molar-refractivity contribution in [3.8, 4) is 0 Å². The van der Waals surface area contributed by atoms with Gasteiger partial charge >= 0.3 is 0 Å². The minimum atomic E-state index is 0.550. The number of rotatable bonds is 5. The van der Waals surface area contributed by atoms with E-state index in [1.165, 1.54) is 5.56 Å². The molecule has 0 saturated heterocycles. The number of hydrogen-bond donors (Lipinski definition) is 0. The Bertz CT molecular complexity index is 244. The van der Waals surface area contributed by atoms with Crippen molar-refractivity contribution < 1.29 is 4.74 Å². The lowest BCUT2D eigenvalue weighted by atomic mass is 10.2. The summed E-state index contributed by atoms with van der Waals surface area (Å²) in [6, 6.07) is 10.1. The standard InChI is InChI=1S/C11H13ClO/c12-8-4-5-9-13-10-11-6-2-1-3-7-11/h1-7H,8-10H2/b5-4-. The van der Waals surface area contributed by atoms with E-state index in [0.717, 1.165) is 0 Å². The molecule has 0 aromatic heterocycles. The second-order valence-electron chi connectivity index (χ2n) is 2.63. The van der Waals surface area contributed by atoms with Gasteiger partial charge in [0, 0.05) is 5.88 Å². The molecule has 0 aliphatic rings. The molecule has 0 amide bonds. The number of alkyl halides is 1. The molecular formula is C11H13ClO. The van der Waals surface area contributed by atoms with Gasteiger partial charge in [0.25, 0.3) is 0 Å². The summed E-state index contributed by atoms with van der Waals surface area (Å²) < 4.78 is 5.38. The average molecular weight is 197 g/mol. The molecule has 0 radical (unpaired) electrons. The van der Waals surface area contributed by atoms with Gasteiger partial charge in [0.2, 0.25) is 0 Å². The van der Waals surface area contributed by atoms with E-state index in [-0.39, 0.29) is 0 Å². The van der Waals surface area contributed by atoms with Gasteiger partial charge in [-0.2, -0.15) is 0 Å². The quantitative estimate of drug-likeness (QED) is 0.400. The van der Waals surface area contributed by atoms with E-state index in [1.807, 2.05) is 42.5 Å². The maximum absolute atomic E-state index is 5.46. The van der Waals surface area contributed by atoms with Gasteiger partial charge in [0.05, 0.1) is 13.2 Å². The van der Waals surface area contributed by atoms with Crippen LogP contribution < -0.4 is 0 Å². The largest absolute Gasteiger partial charge is 0.373 e. The summed E-state index contributed by atoms with van der Waals surface area (Å²) in [5.41, 5.74) is 1.20. The zero-order valence-electron chi connectivity index (χ0n) is 7.45. The molecule has 0 bridgehead atoms. The average Bonchev–Trinajstić information content (AvgIpc) is 2.19.